The Labute approximate surface area is 108 Å². The third kappa shape index (κ3) is 1.83. The molecule has 0 aliphatic rings. The van der Waals surface area contributed by atoms with E-state index in [9.17, 15) is 4.39 Å². The highest BCUT2D eigenvalue weighted by molar-refractivity contribution is 6.33. The van der Waals surface area contributed by atoms with Crippen LogP contribution in [0.5, 0.6) is 0 Å². The molecule has 0 saturated carbocycles. The van der Waals surface area contributed by atoms with E-state index < -0.39 is 0 Å². The molecule has 0 radical (unpaired) electrons. The van der Waals surface area contributed by atoms with E-state index in [1.807, 2.05) is 18.2 Å². The van der Waals surface area contributed by atoms with Crippen LogP contribution >= 0.6 is 11.6 Å². The first-order valence-corrected chi connectivity index (χ1v) is 5.78. The SMILES string of the molecule is Fc1ccc(-c2nccc3ncccc23)c(Cl)c1. The van der Waals surface area contributed by atoms with Gasteiger partial charge in [-0.2, -0.15) is 0 Å². The zero-order valence-corrected chi connectivity index (χ0v) is 10.0. The standard InChI is InChI=1S/C14H8ClFN2/c15-12-8-9(16)3-4-10(12)14-11-2-1-6-17-13(11)5-7-18-14/h1-8H. The van der Waals surface area contributed by atoms with Gasteiger partial charge >= 0.3 is 0 Å². The lowest BCUT2D eigenvalue weighted by atomic mass is 10.1. The molecule has 88 valence electrons. The maximum atomic E-state index is 13.1. The van der Waals surface area contributed by atoms with Crippen LogP contribution in [0.25, 0.3) is 22.2 Å². The summed E-state index contributed by atoms with van der Waals surface area (Å²) in [7, 11) is 0. The molecule has 2 nitrogen and oxygen atoms in total. The largest absolute Gasteiger partial charge is 0.256 e. The fourth-order valence-corrected chi connectivity index (χ4v) is 2.16. The average molecular weight is 259 g/mol. The van der Waals surface area contributed by atoms with Gasteiger partial charge in [0.25, 0.3) is 0 Å². The van der Waals surface area contributed by atoms with Crippen LogP contribution in [-0.2, 0) is 0 Å². The maximum Gasteiger partial charge on any atom is 0.124 e. The second-order valence-corrected chi connectivity index (χ2v) is 4.26. The summed E-state index contributed by atoms with van der Waals surface area (Å²) >= 11 is 6.06. The highest BCUT2D eigenvalue weighted by Gasteiger charge is 2.09. The molecule has 0 N–H and O–H groups in total. The number of nitrogens with zero attached hydrogens (tertiary/aromatic N) is 2. The van der Waals surface area contributed by atoms with Gasteiger partial charge in [0.1, 0.15) is 5.82 Å². The van der Waals surface area contributed by atoms with Crippen molar-refractivity contribution in [1.82, 2.24) is 9.97 Å². The lowest BCUT2D eigenvalue weighted by Gasteiger charge is -2.06. The third-order valence-electron chi connectivity index (χ3n) is 2.72. The zero-order valence-electron chi connectivity index (χ0n) is 9.27. The summed E-state index contributed by atoms with van der Waals surface area (Å²) in [5.74, 6) is -0.359. The molecule has 3 aromatic rings. The molecule has 2 aromatic heterocycles. The van der Waals surface area contributed by atoms with E-state index in [0.717, 1.165) is 10.9 Å². The quantitative estimate of drug-likeness (QED) is 0.657. The molecule has 0 spiro atoms. The average Bonchev–Trinajstić information content (AvgIpc) is 2.38. The summed E-state index contributed by atoms with van der Waals surface area (Å²) in [6.45, 7) is 0. The Balaban J connectivity index is 2.31. The number of hydrogen-bond donors (Lipinski definition) is 0. The molecule has 0 bridgehead atoms. The van der Waals surface area contributed by atoms with Gasteiger partial charge in [0.05, 0.1) is 16.2 Å². The predicted octanol–water partition coefficient (Wildman–Crippen LogP) is 4.09. The van der Waals surface area contributed by atoms with Crippen molar-refractivity contribution in [2.75, 3.05) is 0 Å². The van der Waals surface area contributed by atoms with Crippen LogP contribution in [0.1, 0.15) is 0 Å². The Hall–Kier alpha value is -2.00. The summed E-state index contributed by atoms with van der Waals surface area (Å²) in [6, 6.07) is 9.88. The Kier molecular flexibility index (Phi) is 2.68. The van der Waals surface area contributed by atoms with Crippen molar-refractivity contribution in [2.24, 2.45) is 0 Å². The molecule has 0 atom stereocenters. The highest BCUT2D eigenvalue weighted by atomic mass is 35.5. The van der Waals surface area contributed by atoms with Crippen LogP contribution in [0.2, 0.25) is 5.02 Å². The number of benzene rings is 1. The van der Waals surface area contributed by atoms with Crippen molar-refractivity contribution in [3.8, 4) is 11.3 Å². The second kappa shape index (κ2) is 4.35. The Morgan fingerprint density at radius 2 is 1.89 bits per heavy atom. The van der Waals surface area contributed by atoms with Crippen molar-refractivity contribution in [3.63, 3.8) is 0 Å². The van der Waals surface area contributed by atoms with Gasteiger partial charge in [-0.3, -0.25) is 9.97 Å². The predicted molar refractivity (Wildman–Crippen MR) is 69.9 cm³/mol. The van der Waals surface area contributed by atoms with E-state index in [1.54, 1.807) is 18.5 Å². The topological polar surface area (TPSA) is 25.8 Å². The molecular weight excluding hydrogens is 251 g/mol. The number of pyridine rings is 2. The van der Waals surface area contributed by atoms with Crippen LogP contribution in [0.15, 0.2) is 48.8 Å². The normalized spacial score (nSPS) is 10.8. The number of hydrogen-bond acceptors (Lipinski definition) is 2. The molecule has 0 amide bonds. The summed E-state index contributed by atoms with van der Waals surface area (Å²) in [5.41, 5.74) is 2.25. The van der Waals surface area contributed by atoms with Gasteiger partial charge in [-0.15, -0.1) is 0 Å². The fourth-order valence-electron chi connectivity index (χ4n) is 1.90. The lowest BCUT2D eigenvalue weighted by molar-refractivity contribution is 0.628. The van der Waals surface area contributed by atoms with Crippen molar-refractivity contribution in [3.05, 3.63) is 59.6 Å². The van der Waals surface area contributed by atoms with Crippen LogP contribution in [0, 0.1) is 5.82 Å². The summed E-state index contributed by atoms with van der Waals surface area (Å²) < 4.78 is 13.1. The van der Waals surface area contributed by atoms with Gasteiger partial charge in [-0.25, -0.2) is 4.39 Å². The van der Waals surface area contributed by atoms with Crippen molar-refractivity contribution in [2.45, 2.75) is 0 Å². The Morgan fingerprint density at radius 3 is 2.72 bits per heavy atom. The third-order valence-corrected chi connectivity index (χ3v) is 3.03. The van der Waals surface area contributed by atoms with E-state index in [-0.39, 0.29) is 5.82 Å². The maximum absolute atomic E-state index is 13.1. The first-order valence-electron chi connectivity index (χ1n) is 5.41. The lowest BCUT2D eigenvalue weighted by Crippen LogP contribution is -1.89. The first kappa shape index (κ1) is 11.1. The van der Waals surface area contributed by atoms with Crippen LogP contribution in [-0.4, -0.2) is 9.97 Å². The van der Waals surface area contributed by atoms with E-state index in [4.69, 9.17) is 11.6 Å². The van der Waals surface area contributed by atoms with Crippen molar-refractivity contribution < 1.29 is 4.39 Å². The number of halogens is 2. The minimum atomic E-state index is -0.359. The van der Waals surface area contributed by atoms with Gasteiger partial charge < -0.3 is 0 Å². The van der Waals surface area contributed by atoms with E-state index in [2.05, 4.69) is 9.97 Å². The van der Waals surface area contributed by atoms with E-state index in [1.165, 1.54) is 12.1 Å². The molecule has 0 saturated heterocycles. The van der Waals surface area contributed by atoms with Crippen molar-refractivity contribution in [1.29, 1.82) is 0 Å². The smallest absolute Gasteiger partial charge is 0.124 e. The van der Waals surface area contributed by atoms with Gasteiger partial charge in [0, 0.05) is 23.3 Å². The van der Waals surface area contributed by atoms with Gasteiger partial charge in [0.2, 0.25) is 0 Å². The molecular formula is C14H8ClFN2. The minimum absolute atomic E-state index is 0.346. The van der Waals surface area contributed by atoms with Gasteiger partial charge in [0.15, 0.2) is 0 Å². The molecule has 0 aliphatic heterocycles. The Bertz CT molecular complexity index is 723. The molecule has 0 aliphatic carbocycles. The van der Waals surface area contributed by atoms with Gasteiger partial charge in [-0.1, -0.05) is 11.6 Å². The molecule has 4 heteroatoms. The van der Waals surface area contributed by atoms with Crippen LogP contribution in [0.4, 0.5) is 4.39 Å². The van der Waals surface area contributed by atoms with Gasteiger partial charge in [-0.05, 0) is 36.4 Å². The summed E-state index contributed by atoms with van der Waals surface area (Å²) in [4.78, 5) is 8.58. The molecule has 0 unspecified atom stereocenters. The van der Waals surface area contributed by atoms with E-state index in [0.29, 0.717) is 16.3 Å². The number of rotatable bonds is 1. The highest BCUT2D eigenvalue weighted by Crippen LogP contribution is 2.31. The summed E-state index contributed by atoms with van der Waals surface area (Å²) in [5, 5.41) is 1.24. The van der Waals surface area contributed by atoms with Crippen LogP contribution < -0.4 is 0 Å². The molecule has 18 heavy (non-hydrogen) atoms. The zero-order chi connectivity index (χ0) is 12.5. The minimum Gasteiger partial charge on any atom is -0.256 e. The summed E-state index contributed by atoms with van der Waals surface area (Å²) in [6.07, 6.45) is 3.39. The molecule has 3 rings (SSSR count). The Morgan fingerprint density at radius 1 is 1.00 bits per heavy atom. The first-order chi connectivity index (χ1) is 8.75. The number of fused-ring (bicyclic) bond motifs is 1. The molecule has 2 heterocycles. The number of aromatic nitrogens is 2. The second-order valence-electron chi connectivity index (χ2n) is 3.85. The fraction of sp³-hybridized carbons (Fsp3) is 0. The monoisotopic (exact) mass is 258 g/mol. The van der Waals surface area contributed by atoms with Crippen molar-refractivity contribution >= 4 is 22.5 Å². The van der Waals surface area contributed by atoms with E-state index >= 15 is 0 Å². The molecule has 0 fully saturated rings. The van der Waals surface area contributed by atoms with Crippen LogP contribution in [0.3, 0.4) is 0 Å². The molecule has 1 aromatic carbocycles.